The third-order valence-corrected chi connectivity index (χ3v) is 6.23. The highest BCUT2D eigenvalue weighted by atomic mass is 35.5. The number of hydrogen-bond donors (Lipinski definition) is 0. The Labute approximate surface area is 167 Å². The number of urea groups is 1. The summed E-state index contributed by atoms with van der Waals surface area (Å²) in [7, 11) is 0. The molecule has 2 atom stereocenters. The molecule has 3 aliphatic rings. The van der Waals surface area contributed by atoms with Gasteiger partial charge in [0, 0.05) is 17.1 Å². The molecule has 138 valence electrons. The lowest BCUT2D eigenvalue weighted by molar-refractivity contribution is 0.198. The van der Waals surface area contributed by atoms with Gasteiger partial charge in [-0.25, -0.2) is 4.79 Å². The first-order valence-electron chi connectivity index (χ1n) is 9.46. The van der Waals surface area contributed by atoms with Crippen molar-refractivity contribution in [2.75, 3.05) is 11.4 Å². The van der Waals surface area contributed by atoms with E-state index in [0.29, 0.717) is 17.3 Å². The van der Waals surface area contributed by atoms with E-state index in [9.17, 15) is 4.79 Å². The van der Waals surface area contributed by atoms with Gasteiger partial charge in [0.15, 0.2) is 5.75 Å². The second kappa shape index (κ2) is 5.76. The minimum absolute atomic E-state index is 0.00771. The van der Waals surface area contributed by atoms with Crippen molar-refractivity contribution >= 4 is 23.3 Å². The molecule has 0 saturated carbocycles. The second-order valence-electron chi connectivity index (χ2n) is 7.44. The van der Waals surface area contributed by atoms with Crippen LogP contribution in [0.15, 0.2) is 66.7 Å². The molecule has 5 heteroatoms. The minimum Gasteiger partial charge on any atom is -0.455 e. The van der Waals surface area contributed by atoms with Crippen molar-refractivity contribution in [2.24, 2.45) is 0 Å². The molecule has 3 aliphatic heterocycles. The van der Waals surface area contributed by atoms with Crippen molar-refractivity contribution in [3.05, 3.63) is 88.4 Å². The first kappa shape index (κ1) is 16.0. The minimum atomic E-state index is -0.162. The molecule has 0 bridgehead atoms. The maximum atomic E-state index is 13.6. The zero-order valence-electron chi connectivity index (χ0n) is 15.0. The summed E-state index contributed by atoms with van der Waals surface area (Å²) in [6, 6.07) is 21.7. The number of rotatable bonds is 0. The maximum Gasteiger partial charge on any atom is 0.325 e. The lowest BCUT2D eigenvalue weighted by atomic mass is 9.86. The SMILES string of the molecule is O=C1N2CCc3ccccc3C2C2c3ccccc3Oc3ccc(Cl)cc3N12. The Hall–Kier alpha value is -2.98. The van der Waals surface area contributed by atoms with Gasteiger partial charge in [-0.3, -0.25) is 4.90 Å². The summed E-state index contributed by atoms with van der Waals surface area (Å²) in [4.78, 5) is 17.4. The first-order valence-corrected chi connectivity index (χ1v) is 9.84. The van der Waals surface area contributed by atoms with Gasteiger partial charge in [-0.2, -0.15) is 0 Å². The Balaban J connectivity index is 1.65. The van der Waals surface area contributed by atoms with E-state index in [2.05, 4.69) is 30.3 Å². The van der Waals surface area contributed by atoms with Gasteiger partial charge >= 0.3 is 6.03 Å². The molecule has 0 aliphatic carbocycles. The topological polar surface area (TPSA) is 32.8 Å². The van der Waals surface area contributed by atoms with E-state index in [4.69, 9.17) is 16.3 Å². The zero-order chi connectivity index (χ0) is 18.8. The standard InChI is InChI=1S/C23H17ClN2O2/c24-15-9-10-20-18(13-15)26-22(17-7-3-4-8-19(17)28-20)21-16-6-2-1-5-14(16)11-12-25(21)23(26)27/h1-10,13,21-22H,11-12H2. The Morgan fingerprint density at radius 3 is 2.57 bits per heavy atom. The molecule has 1 saturated heterocycles. The summed E-state index contributed by atoms with van der Waals surface area (Å²) in [6.07, 6.45) is 0.875. The van der Waals surface area contributed by atoms with Gasteiger partial charge in [-0.1, -0.05) is 54.1 Å². The second-order valence-corrected chi connectivity index (χ2v) is 7.87. The van der Waals surface area contributed by atoms with Crippen LogP contribution in [0.1, 0.15) is 28.8 Å². The van der Waals surface area contributed by atoms with Crippen LogP contribution < -0.4 is 9.64 Å². The van der Waals surface area contributed by atoms with E-state index < -0.39 is 0 Å². The number of nitrogens with zero attached hydrogens (tertiary/aromatic N) is 2. The van der Waals surface area contributed by atoms with Crippen LogP contribution in [0.25, 0.3) is 0 Å². The molecule has 0 N–H and O–H groups in total. The van der Waals surface area contributed by atoms with Crippen LogP contribution in [-0.2, 0) is 6.42 Å². The summed E-state index contributed by atoms with van der Waals surface area (Å²) < 4.78 is 6.24. The molecule has 0 aromatic heterocycles. The molecule has 2 amide bonds. The molecule has 28 heavy (non-hydrogen) atoms. The third-order valence-electron chi connectivity index (χ3n) is 6.00. The zero-order valence-corrected chi connectivity index (χ0v) is 15.8. The highest BCUT2D eigenvalue weighted by Gasteiger charge is 2.52. The molecular weight excluding hydrogens is 372 g/mol. The van der Waals surface area contributed by atoms with Crippen molar-refractivity contribution in [2.45, 2.75) is 18.5 Å². The Bertz CT molecular complexity index is 1130. The molecule has 6 rings (SSSR count). The fourth-order valence-corrected chi connectivity index (χ4v) is 4.98. The molecule has 2 unspecified atom stereocenters. The van der Waals surface area contributed by atoms with Crippen LogP contribution in [0.3, 0.4) is 0 Å². The fraction of sp³-hybridized carbons (Fsp3) is 0.174. The van der Waals surface area contributed by atoms with Gasteiger partial charge in [-0.05, 0) is 41.8 Å². The number of anilines is 1. The summed E-state index contributed by atoms with van der Waals surface area (Å²) in [5, 5.41) is 0.588. The summed E-state index contributed by atoms with van der Waals surface area (Å²) in [5.74, 6) is 1.44. The molecule has 3 heterocycles. The summed E-state index contributed by atoms with van der Waals surface area (Å²) >= 11 is 6.31. The predicted octanol–water partition coefficient (Wildman–Crippen LogP) is 5.73. The lowest BCUT2D eigenvalue weighted by Crippen LogP contribution is -2.36. The van der Waals surface area contributed by atoms with Crippen molar-refractivity contribution < 1.29 is 9.53 Å². The van der Waals surface area contributed by atoms with E-state index in [1.165, 1.54) is 11.1 Å². The predicted molar refractivity (Wildman–Crippen MR) is 108 cm³/mol. The Morgan fingerprint density at radius 2 is 1.68 bits per heavy atom. The summed E-state index contributed by atoms with van der Waals surface area (Å²) in [6.45, 7) is 0.715. The van der Waals surface area contributed by atoms with Crippen LogP contribution in [0, 0.1) is 0 Å². The molecule has 0 radical (unpaired) electrons. The largest absolute Gasteiger partial charge is 0.455 e. The van der Waals surface area contributed by atoms with Gasteiger partial charge < -0.3 is 9.64 Å². The molecule has 4 nitrogen and oxygen atoms in total. The highest BCUT2D eigenvalue weighted by Crippen LogP contribution is 2.55. The van der Waals surface area contributed by atoms with E-state index in [-0.39, 0.29) is 18.1 Å². The highest BCUT2D eigenvalue weighted by molar-refractivity contribution is 6.31. The van der Waals surface area contributed by atoms with Crippen LogP contribution in [0.4, 0.5) is 10.5 Å². The van der Waals surface area contributed by atoms with Crippen molar-refractivity contribution in [3.63, 3.8) is 0 Å². The average molecular weight is 389 g/mol. The quantitative estimate of drug-likeness (QED) is 0.493. The van der Waals surface area contributed by atoms with E-state index in [1.54, 1.807) is 6.07 Å². The number of para-hydroxylation sites is 1. The van der Waals surface area contributed by atoms with E-state index in [1.807, 2.05) is 40.1 Å². The van der Waals surface area contributed by atoms with Crippen LogP contribution in [0.5, 0.6) is 11.5 Å². The smallest absolute Gasteiger partial charge is 0.325 e. The van der Waals surface area contributed by atoms with Crippen LogP contribution >= 0.6 is 11.6 Å². The van der Waals surface area contributed by atoms with Gasteiger partial charge in [0.05, 0.1) is 17.8 Å². The summed E-state index contributed by atoms with van der Waals surface area (Å²) in [5.41, 5.74) is 4.28. The van der Waals surface area contributed by atoms with E-state index >= 15 is 0 Å². The number of carbonyl (C=O) groups excluding carboxylic acids is 1. The average Bonchev–Trinajstić information content (AvgIpc) is 2.94. The Morgan fingerprint density at radius 1 is 0.893 bits per heavy atom. The maximum absolute atomic E-state index is 13.6. The third kappa shape index (κ3) is 2.09. The van der Waals surface area contributed by atoms with Crippen molar-refractivity contribution in [1.29, 1.82) is 0 Å². The van der Waals surface area contributed by atoms with Gasteiger partial charge in [-0.15, -0.1) is 0 Å². The van der Waals surface area contributed by atoms with Gasteiger partial charge in [0.25, 0.3) is 0 Å². The lowest BCUT2D eigenvalue weighted by Gasteiger charge is -2.33. The van der Waals surface area contributed by atoms with Crippen molar-refractivity contribution in [3.8, 4) is 11.5 Å². The van der Waals surface area contributed by atoms with Gasteiger partial charge in [0.2, 0.25) is 0 Å². The molecular formula is C23H17ClN2O2. The molecule has 3 aromatic rings. The van der Waals surface area contributed by atoms with Gasteiger partial charge in [0.1, 0.15) is 5.75 Å². The number of ether oxygens (including phenoxy) is 1. The van der Waals surface area contributed by atoms with Crippen LogP contribution in [0.2, 0.25) is 5.02 Å². The van der Waals surface area contributed by atoms with E-state index in [0.717, 1.165) is 23.4 Å². The Kier molecular flexibility index (Phi) is 3.29. The first-order chi connectivity index (χ1) is 13.7. The monoisotopic (exact) mass is 388 g/mol. The van der Waals surface area contributed by atoms with Crippen LogP contribution in [-0.4, -0.2) is 17.5 Å². The molecule has 1 fully saturated rings. The number of hydrogen-bond acceptors (Lipinski definition) is 2. The molecule has 3 aromatic carbocycles. The molecule has 0 spiro atoms. The number of benzene rings is 3. The number of carbonyl (C=O) groups is 1. The number of fused-ring (bicyclic) bond motifs is 9. The number of halogens is 1. The number of amides is 2. The fourth-order valence-electron chi connectivity index (χ4n) is 4.82. The normalized spacial score (nSPS) is 21.7. The van der Waals surface area contributed by atoms with Crippen molar-refractivity contribution in [1.82, 2.24) is 4.90 Å².